The molecule has 0 aliphatic heterocycles. The van der Waals surface area contributed by atoms with E-state index in [9.17, 15) is 43.2 Å². The first-order chi connectivity index (χ1) is 47.2. The summed E-state index contributed by atoms with van der Waals surface area (Å²) in [7, 11) is -9.92. The molecular weight excluding hydrogens is 1280 g/mol. The number of carbonyl (C=O) groups is 4. The Kier molecular flexibility index (Phi) is 68.1. The van der Waals surface area contributed by atoms with Gasteiger partial charge < -0.3 is 33.8 Å². The summed E-state index contributed by atoms with van der Waals surface area (Å²) in [4.78, 5) is 73.0. The zero-order chi connectivity index (χ0) is 72.3. The van der Waals surface area contributed by atoms with Crippen LogP contribution in [0.25, 0.3) is 0 Å². The molecule has 0 amide bonds. The third-order valence-electron chi connectivity index (χ3n) is 18.4. The van der Waals surface area contributed by atoms with Crippen LogP contribution in [0, 0.1) is 17.8 Å². The lowest BCUT2D eigenvalue weighted by atomic mass is 10.0. The summed E-state index contributed by atoms with van der Waals surface area (Å²) in [5.41, 5.74) is 0. The second-order valence-corrected chi connectivity index (χ2v) is 32.8. The van der Waals surface area contributed by atoms with Crippen LogP contribution in [0.4, 0.5) is 0 Å². The first kappa shape index (κ1) is 96.1. The monoisotopic (exact) mass is 1440 g/mol. The minimum absolute atomic E-state index is 0.106. The van der Waals surface area contributed by atoms with E-state index in [-0.39, 0.29) is 25.7 Å². The lowest BCUT2D eigenvalue weighted by Crippen LogP contribution is -2.30. The molecule has 0 aliphatic carbocycles. The number of hydrogen-bond acceptors (Lipinski definition) is 15. The van der Waals surface area contributed by atoms with E-state index in [1.165, 1.54) is 218 Å². The van der Waals surface area contributed by atoms with E-state index in [1.807, 2.05) is 0 Å². The van der Waals surface area contributed by atoms with Crippen LogP contribution < -0.4 is 0 Å². The maximum Gasteiger partial charge on any atom is 0.472 e. The fourth-order valence-electron chi connectivity index (χ4n) is 12.1. The van der Waals surface area contributed by atoms with Gasteiger partial charge in [0, 0.05) is 25.7 Å². The van der Waals surface area contributed by atoms with Gasteiger partial charge in [0.1, 0.15) is 19.3 Å². The van der Waals surface area contributed by atoms with Gasteiger partial charge in [0.2, 0.25) is 0 Å². The van der Waals surface area contributed by atoms with Crippen LogP contribution in [0.2, 0.25) is 0 Å². The quantitative estimate of drug-likeness (QED) is 0.0222. The first-order valence-electron chi connectivity index (χ1n) is 40.8. The third kappa shape index (κ3) is 72.4. The molecule has 0 heterocycles. The van der Waals surface area contributed by atoms with Crippen LogP contribution >= 0.6 is 15.6 Å². The van der Waals surface area contributed by atoms with Gasteiger partial charge in [-0.3, -0.25) is 37.3 Å². The zero-order valence-electron chi connectivity index (χ0n) is 64.3. The average Bonchev–Trinajstić information content (AvgIpc) is 0.974. The largest absolute Gasteiger partial charge is 0.472 e. The van der Waals surface area contributed by atoms with Gasteiger partial charge in [0.05, 0.1) is 26.4 Å². The molecule has 5 atom stereocenters. The normalized spacial score (nSPS) is 14.0. The van der Waals surface area contributed by atoms with Crippen LogP contribution in [0.15, 0.2) is 0 Å². The number of esters is 4. The van der Waals surface area contributed by atoms with Crippen molar-refractivity contribution in [2.24, 2.45) is 17.8 Å². The Morgan fingerprint density at radius 2 is 0.469 bits per heavy atom. The molecule has 0 aromatic heterocycles. The Hall–Kier alpha value is -1.94. The van der Waals surface area contributed by atoms with Crippen molar-refractivity contribution in [3.63, 3.8) is 0 Å². The van der Waals surface area contributed by atoms with Crippen molar-refractivity contribution in [1.82, 2.24) is 0 Å². The Bertz CT molecular complexity index is 1900. The minimum Gasteiger partial charge on any atom is -0.462 e. The van der Waals surface area contributed by atoms with E-state index in [2.05, 4.69) is 48.5 Å². The minimum atomic E-state index is -4.96. The molecule has 0 saturated heterocycles. The molecule has 0 fully saturated rings. The van der Waals surface area contributed by atoms with Crippen molar-refractivity contribution in [1.29, 1.82) is 0 Å². The lowest BCUT2D eigenvalue weighted by molar-refractivity contribution is -0.161. The third-order valence-corrected chi connectivity index (χ3v) is 20.3. The molecule has 0 radical (unpaired) electrons. The van der Waals surface area contributed by atoms with E-state index >= 15 is 0 Å². The van der Waals surface area contributed by atoms with Crippen molar-refractivity contribution in [2.45, 2.75) is 426 Å². The highest BCUT2D eigenvalue weighted by Crippen LogP contribution is 2.45. The highest BCUT2D eigenvalue weighted by Gasteiger charge is 2.30. The summed E-state index contributed by atoms with van der Waals surface area (Å²) < 4.78 is 68.7. The van der Waals surface area contributed by atoms with E-state index in [4.69, 9.17) is 37.0 Å². The van der Waals surface area contributed by atoms with Gasteiger partial charge in [-0.05, 0) is 43.4 Å². The molecule has 0 saturated carbocycles. The van der Waals surface area contributed by atoms with Gasteiger partial charge in [-0.1, -0.05) is 357 Å². The Morgan fingerprint density at radius 3 is 0.694 bits per heavy atom. The smallest absolute Gasteiger partial charge is 0.462 e. The van der Waals surface area contributed by atoms with Crippen molar-refractivity contribution in [3.8, 4) is 0 Å². The number of aliphatic hydroxyl groups excluding tert-OH is 1. The molecule has 0 spiro atoms. The van der Waals surface area contributed by atoms with Gasteiger partial charge in [-0.25, -0.2) is 9.13 Å². The van der Waals surface area contributed by atoms with Gasteiger partial charge in [0.25, 0.3) is 0 Å². The molecule has 98 heavy (non-hydrogen) atoms. The number of phosphoric ester groups is 2. The van der Waals surface area contributed by atoms with E-state index in [0.717, 1.165) is 108 Å². The molecule has 19 heteroatoms. The highest BCUT2D eigenvalue weighted by molar-refractivity contribution is 7.47. The maximum atomic E-state index is 13.1. The predicted molar refractivity (Wildman–Crippen MR) is 400 cm³/mol. The number of rotatable bonds is 77. The molecule has 0 bridgehead atoms. The Morgan fingerprint density at radius 1 is 0.276 bits per heavy atom. The van der Waals surface area contributed by atoms with Crippen LogP contribution in [-0.4, -0.2) is 96.7 Å². The molecule has 3 N–H and O–H groups in total. The number of carbonyl (C=O) groups excluding carboxylic acids is 4. The van der Waals surface area contributed by atoms with Crippen LogP contribution in [0.5, 0.6) is 0 Å². The lowest BCUT2D eigenvalue weighted by Gasteiger charge is -2.21. The standard InChI is InChI=1S/C79H154O17P2/c1-8-9-10-11-12-13-14-15-16-17-21-24-32-39-46-53-60-76(81)89-66-74(95-78(83)62-55-48-41-33-25-22-19-18-20-23-29-36-43-50-57-70(2)3)68-93-97(85,86)91-64-73(80)65-92-98(87,88)94-69-75(67-90-77(82)61-54-47-40-35-28-31-38-45-52-59-72(6)7)96-79(84)63-56-49-42-34-27-26-30-37-44-51-58-71(4)5/h70-75,80H,8-69H2,1-7H3,(H,85,86)(H,87,88)/t73-,74-,75-/m1/s1. The zero-order valence-corrected chi connectivity index (χ0v) is 66.0. The van der Waals surface area contributed by atoms with Gasteiger partial charge in [0.15, 0.2) is 12.2 Å². The molecule has 0 aromatic carbocycles. The molecule has 17 nitrogen and oxygen atoms in total. The number of phosphoric acid groups is 2. The topological polar surface area (TPSA) is 237 Å². The number of aliphatic hydroxyl groups is 1. The van der Waals surface area contributed by atoms with Crippen molar-refractivity contribution in [2.75, 3.05) is 39.6 Å². The number of ether oxygens (including phenoxy) is 4. The Labute approximate surface area is 600 Å². The Balaban J connectivity index is 5.26. The summed E-state index contributed by atoms with van der Waals surface area (Å²) in [5.74, 6) is 0.178. The fraction of sp³-hybridized carbons (Fsp3) is 0.949. The summed E-state index contributed by atoms with van der Waals surface area (Å²) in [6.07, 6.45) is 56.8. The average molecular weight is 1440 g/mol. The van der Waals surface area contributed by atoms with Gasteiger partial charge in [-0.15, -0.1) is 0 Å². The first-order valence-corrected chi connectivity index (χ1v) is 43.8. The van der Waals surface area contributed by atoms with Crippen LogP contribution in [0.1, 0.15) is 408 Å². The van der Waals surface area contributed by atoms with Crippen molar-refractivity contribution < 1.29 is 80.2 Å². The van der Waals surface area contributed by atoms with Crippen LogP contribution in [0.3, 0.4) is 0 Å². The molecule has 0 rings (SSSR count). The molecule has 0 aromatic rings. The predicted octanol–water partition coefficient (Wildman–Crippen LogP) is 23.4. The highest BCUT2D eigenvalue weighted by atomic mass is 31.2. The number of hydrogen-bond donors (Lipinski definition) is 3. The van der Waals surface area contributed by atoms with Gasteiger partial charge in [-0.2, -0.15) is 0 Å². The van der Waals surface area contributed by atoms with E-state index < -0.39 is 97.5 Å². The SMILES string of the molecule is CCCCCCCCCCCCCCCCCCC(=O)OC[C@H](COP(=O)(O)OC[C@@H](O)COP(=O)(O)OC[C@@H](COC(=O)CCCCCCCCCCCC(C)C)OC(=O)CCCCCCCCCCCCC(C)C)OC(=O)CCCCCCCCCCCCCCCCC(C)C. The summed E-state index contributed by atoms with van der Waals surface area (Å²) in [6.45, 7) is 11.9. The van der Waals surface area contributed by atoms with Gasteiger partial charge >= 0.3 is 39.5 Å². The summed E-state index contributed by atoms with van der Waals surface area (Å²) in [6, 6.07) is 0. The molecule has 582 valence electrons. The van der Waals surface area contributed by atoms with Crippen LogP contribution in [-0.2, 0) is 65.4 Å². The van der Waals surface area contributed by atoms with E-state index in [1.54, 1.807) is 0 Å². The molecular formula is C79H154O17P2. The number of unbranched alkanes of at least 4 members (excludes halogenated alkanes) is 45. The van der Waals surface area contributed by atoms with Crippen molar-refractivity contribution >= 4 is 39.5 Å². The molecule has 0 aliphatic rings. The second kappa shape index (κ2) is 69.4. The second-order valence-electron chi connectivity index (χ2n) is 29.9. The summed E-state index contributed by atoms with van der Waals surface area (Å²) in [5, 5.41) is 10.6. The molecule has 2 unspecified atom stereocenters. The van der Waals surface area contributed by atoms with Crippen molar-refractivity contribution in [3.05, 3.63) is 0 Å². The fourth-order valence-corrected chi connectivity index (χ4v) is 13.7. The maximum absolute atomic E-state index is 13.1. The van der Waals surface area contributed by atoms with E-state index in [0.29, 0.717) is 25.7 Å². The summed E-state index contributed by atoms with van der Waals surface area (Å²) >= 11 is 0.